The average molecular weight is 215 g/mol. The highest BCUT2D eigenvalue weighted by atomic mass is 32.2. The van der Waals surface area contributed by atoms with Crippen LogP contribution in [0.5, 0.6) is 0 Å². The molecule has 0 bridgehead atoms. The van der Waals surface area contributed by atoms with E-state index in [1.807, 2.05) is 0 Å². The SMILES string of the molecule is NC(=O)CSc1ccc(N)c(N)c1F. The van der Waals surface area contributed by atoms with Gasteiger partial charge >= 0.3 is 0 Å². The molecule has 14 heavy (non-hydrogen) atoms. The van der Waals surface area contributed by atoms with Crippen molar-refractivity contribution >= 4 is 29.0 Å². The monoisotopic (exact) mass is 215 g/mol. The van der Waals surface area contributed by atoms with Gasteiger partial charge in [-0.2, -0.15) is 0 Å². The van der Waals surface area contributed by atoms with Gasteiger partial charge in [0.15, 0.2) is 5.82 Å². The zero-order valence-corrected chi connectivity index (χ0v) is 8.10. The fourth-order valence-corrected chi connectivity index (χ4v) is 1.55. The minimum atomic E-state index is -0.601. The van der Waals surface area contributed by atoms with Gasteiger partial charge in [-0.25, -0.2) is 4.39 Å². The molecule has 6 heteroatoms. The second-order valence-electron chi connectivity index (χ2n) is 2.64. The summed E-state index contributed by atoms with van der Waals surface area (Å²) in [5.41, 5.74) is 15.7. The number of primary amides is 1. The number of hydrogen-bond acceptors (Lipinski definition) is 4. The van der Waals surface area contributed by atoms with Crippen LogP contribution in [0.15, 0.2) is 17.0 Å². The average Bonchev–Trinajstić information content (AvgIpc) is 2.13. The van der Waals surface area contributed by atoms with Gasteiger partial charge in [0.2, 0.25) is 5.91 Å². The van der Waals surface area contributed by atoms with E-state index in [0.29, 0.717) is 0 Å². The van der Waals surface area contributed by atoms with Crippen molar-refractivity contribution in [1.29, 1.82) is 0 Å². The highest BCUT2D eigenvalue weighted by Crippen LogP contribution is 2.28. The van der Waals surface area contributed by atoms with Crippen LogP contribution in [0.25, 0.3) is 0 Å². The Kier molecular flexibility index (Phi) is 3.19. The van der Waals surface area contributed by atoms with Crippen LogP contribution >= 0.6 is 11.8 Å². The number of halogens is 1. The number of nitrogen functional groups attached to an aromatic ring is 2. The van der Waals surface area contributed by atoms with E-state index >= 15 is 0 Å². The zero-order chi connectivity index (χ0) is 10.7. The highest BCUT2D eigenvalue weighted by molar-refractivity contribution is 8.00. The fourth-order valence-electron chi connectivity index (χ4n) is 0.848. The summed E-state index contributed by atoms with van der Waals surface area (Å²) in [5, 5.41) is 0. The van der Waals surface area contributed by atoms with E-state index < -0.39 is 11.7 Å². The Morgan fingerprint density at radius 3 is 2.64 bits per heavy atom. The van der Waals surface area contributed by atoms with Crippen LogP contribution in [-0.2, 0) is 4.79 Å². The normalized spacial score (nSPS) is 10.1. The summed E-state index contributed by atoms with van der Waals surface area (Å²) in [5.74, 6) is -1.10. The van der Waals surface area contributed by atoms with Gasteiger partial charge in [-0.3, -0.25) is 4.79 Å². The van der Waals surface area contributed by atoms with Crippen LogP contribution < -0.4 is 17.2 Å². The molecule has 1 amide bonds. The molecule has 0 fully saturated rings. The number of nitrogens with two attached hydrogens (primary N) is 3. The summed E-state index contributed by atoms with van der Waals surface area (Å²) in [6, 6.07) is 2.95. The quantitative estimate of drug-likeness (QED) is 0.507. The van der Waals surface area contributed by atoms with E-state index in [0.717, 1.165) is 11.8 Å². The second kappa shape index (κ2) is 4.19. The largest absolute Gasteiger partial charge is 0.397 e. The third kappa shape index (κ3) is 2.29. The Balaban J connectivity index is 2.88. The summed E-state index contributed by atoms with van der Waals surface area (Å²) in [6.45, 7) is 0. The van der Waals surface area contributed by atoms with Crippen molar-refractivity contribution in [2.75, 3.05) is 17.2 Å². The lowest BCUT2D eigenvalue weighted by atomic mass is 10.2. The highest BCUT2D eigenvalue weighted by Gasteiger charge is 2.09. The number of hydrogen-bond donors (Lipinski definition) is 3. The summed E-state index contributed by atoms with van der Waals surface area (Å²) in [4.78, 5) is 10.7. The molecule has 0 aliphatic carbocycles. The van der Waals surface area contributed by atoms with Crippen molar-refractivity contribution in [1.82, 2.24) is 0 Å². The standard InChI is InChI=1S/C8H10FN3OS/c9-7-5(14-3-6(11)13)2-1-4(10)8(7)12/h1-2H,3,10,12H2,(H2,11,13). The van der Waals surface area contributed by atoms with E-state index in [1.165, 1.54) is 12.1 Å². The van der Waals surface area contributed by atoms with Crippen LogP contribution in [0.2, 0.25) is 0 Å². The summed E-state index contributed by atoms with van der Waals surface area (Å²) >= 11 is 0.993. The Labute approximate surface area is 84.6 Å². The lowest BCUT2D eigenvalue weighted by Gasteiger charge is -2.05. The molecular weight excluding hydrogens is 205 g/mol. The van der Waals surface area contributed by atoms with Crippen LogP contribution in [0.4, 0.5) is 15.8 Å². The minimum Gasteiger partial charge on any atom is -0.397 e. The van der Waals surface area contributed by atoms with Crippen molar-refractivity contribution in [2.24, 2.45) is 5.73 Å². The molecule has 1 aromatic carbocycles. The van der Waals surface area contributed by atoms with Crippen LogP contribution in [-0.4, -0.2) is 11.7 Å². The first-order valence-electron chi connectivity index (χ1n) is 3.77. The molecule has 0 saturated heterocycles. The van der Waals surface area contributed by atoms with Gasteiger partial charge in [-0.15, -0.1) is 11.8 Å². The molecule has 0 radical (unpaired) electrons. The molecule has 1 rings (SSSR count). The van der Waals surface area contributed by atoms with Gasteiger partial charge in [-0.1, -0.05) is 0 Å². The number of benzene rings is 1. The third-order valence-corrected chi connectivity index (χ3v) is 2.60. The lowest BCUT2D eigenvalue weighted by molar-refractivity contribution is -0.115. The van der Waals surface area contributed by atoms with Crippen LogP contribution in [0.3, 0.4) is 0 Å². The van der Waals surface area contributed by atoms with E-state index in [4.69, 9.17) is 17.2 Å². The Hall–Kier alpha value is -1.43. The molecule has 0 atom stereocenters. The van der Waals surface area contributed by atoms with E-state index in [1.54, 1.807) is 0 Å². The van der Waals surface area contributed by atoms with E-state index in [-0.39, 0.29) is 22.0 Å². The number of carbonyl (C=O) groups is 1. The lowest BCUT2D eigenvalue weighted by Crippen LogP contribution is -2.13. The minimum absolute atomic E-state index is 0.0142. The first-order valence-corrected chi connectivity index (χ1v) is 4.75. The van der Waals surface area contributed by atoms with Crippen molar-refractivity contribution in [2.45, 2.75) is 4.90 Å². The molecule has 76 valence electrons. The molecule has 0 aromatic heterocycles. The van der Waals surface area contributed by atoms with Crippen molar-refractivity contribution in [3.63, 3.8) is 0 Å². The van der Waals surface area contributed by atoms with Crippen molar-refractivity contribution < 1.29 is 9.18 Å². The molecule has 0 aliphatic rings. The third-order valence-electron chi connectivity index (χ3n) is 1.55. The predicted octanol–water partition coefficient (Wildman–Crippen LogP) is 0.568. The molecule has 0 heterocycles. The topological polar surface area (TPSA) is 95.1 Å². The predicted molar refractivity (Wildman–Crippen MR) is 55.1 cm³/mol. The number of anilines is 2. The number of rotatable bonds is 3. The molecule has 0 aliphatic heterocycles. The van der Waals surface area contributed by atoms with Crippen molar-refractivity contribution in [3.05, 3.63) is 17.9 Å². The summed E-state index contributed by atoms with van der Waals surface area (Å²) in [6.07, 6.45) is 0. The number of carbonyl (C=O) groups excluding carboxylic acids is 1. The maximum Gasteiger partial charge on any atom is 0.227 e. The molecule has 0 saturated carbocycles. The maximum atomic E-state index is 13.3. The van der Waals surface area contributed by atoms with Crippen LogP contribution in [0, 0.1) is 5.82 Å². The fraction of sp³-hybridized carbons (Fsp3) is 0.125. The Morgan fingerprint density at radius 2 is 2.07 bits per heavy atom. The number of amides is 1. The van der Waals surface area contributed by atoms with Gasteiger partial charge in [0.05, 0.1) is 17.1 Å². The first-order chi connectivity index (χ1) is 6.52. The van der Waals surface area contributed by atoms with Crippen LogP contribution in [0.1, 0.15) is 0 Å². The van der Waals surface area contributed by atoms with Crippen molar-refractivity contribution in [3.8, 4) is 0 Å². The first kappa shape index (κ1) is 10.6. The Bertz CT molecular complexity index is 370. The molecule has 0 unspecified atom stereocenters. The van der Waals surface area contributed by atoms with E-state index in [2.05, 4.69) is 0 Å². The molecule has 4 nitrogen and oxygen atoms in total. The van der Waals surface area contributed by atoms with Gasteiger partial charge < -0.3 is 17.2 Å². The number of thioether (sulfide) groups is 1. The molecule has 6 N–H and O–H groups in total. The van der Waals surface area contributed by atoms with E-state index in [9.17, 15) is 9.18 Å². The smallest absolute Gasteiger partial charge is 0.227 e. The summed E-state index contributed by atoms with van der Waals surface area (Å²) in [7, 11) is 0. The van der Waals surface area contributed by atoms with Gasteiger partial charge in [-0.05, 0) is 12.1 Å². The Morgan fingerprint density at radius 1 is 1.43 bits per heavy atom. The van der Waals surface area contributed by atoms with Gasteiger partial charge in [0.1, 0.15) is 0 Å². The molecular formula is C8H10FN3OS. The molecule has 0 spiro atoms. The molecule has 1 aromatic rings. The van der Waals surface area contributed by atoms with Gasteiger partial charge in [0, 0.05) is 4.90 Å². The zero-order valence-electron chi connectivity index (χ0n) is 7.29. The summed E-state index contributed by atoms with van der Waals surface area (Å²) < 4.78 is 13.3. The van der Waals surface area contributed by atoms with Gasteiger partial charge in [0.25, 0.3) is 0 Å². The maximum absolute atomic E-state index is 13.3. The second-order valence-corrected chi connectivity index (χ2v) is 3.65.